The van der Waals surface area contributed by atoms with Gasteiger partial charge in [-0.1, -0.05) is 0 Å². The van der Waals surface area contributed by atoms with Crippen molar-refractivity contribution < 1.29 is 9.90 Å². The Hall–Kier alpha value is -0.850. The van der Waals surface area contributed by atoms with Gasteiger partial charge in [-0.3, -0.25) is 4.79 Å². The van der Waals surface area contributed by atoms with Crippen LogP contribution in [0.1, 0.15) is 6.92 Å². The summed E-state index contributed by atoms with van der Waals surface area (Å²) in [7, 11) is 30.0. The molecule has 0 unspecified atom stereocenters. The molecule has 10 nitrogen and oxygen atoms in total. The summed E-state index contributed by atoms with van der Waals surface area (Å²) in [5.74, 6) is -0.833. The average Bonchev–Trinajstić information content (AvgIpc) is 2.52. The Morgan fingerprint density at radius 1 is 0.393 bits per heavy atom. The number of rotatable bonds is 0. The van der Waals surface area contributed by atoms with Gasteiger partial charge in [-0.05, 0) is 113 Å². The summed E-state index contributed by atoms with van der Waals surface area (Å²) in [6, 6.07) is 0. The van der Waals surface area contributed by atoms with Crippen molar-refractivity contribution in [3.8, 4) is 0 Å². The molecule has 0 heterocycles. The van der Waals surface area contributed by atoms with E-state index in [0.717, 1.165) is 6.92 Å². The molecule has 0 aromatic carbocycles. The largest absolute Gasteiger partial charge is 0.481 e. The van der Waals surface area contributed by atoms with Crippen molar-refractivity contribution in [3.63, 3.8) is 0 Å². The number of hydrogen-bond acceptors (Lipinski definition) is 9. The molecule has 0 aromatic rings. The SMILES string of the molecule is CC(=O)O.CNC.CNC.CNC.CNC.CNC.CNC.CNC.CNC. The predicted molar refractivity (Wildman–Crippen MR) is 133 cm³/mol. The van der Waals surface area contributed by atoms with Gasteiger partial charge in [0, 0.05) is 6.92 Å². The normalized spacial score (nSPS) is 6.04. The van der Waals surface area contributed by atoms with E-state index in [2.05, 4.69) is 42.5 Å². The molecule has 0 bridgehead atoms. The van der Waals surface area contributed by atoms with Crippen LogP contribution in [0.15, 0.2) is 0 Å². The second-order valence-corrected chi connectivity index (χ2v) is 4.52. The van der Waals surface area contributed by atoms with Gasteiger partial charge in [0.15, 0.2) is 0 Å². The van der Waals surface area contributed by atoms with E-state index in [1.54, 1.807) is 0 Å². The summed E-state index contributed by atoms with van der Waals surface area (Å²) in [4.78, 5) is 9.00. The zero-order valence-corrected chi connectivity index (χ0v) is 22.4. The average molecular weight is 421 g/mol. The minimum Gasteiger partial charge on any atom is -0.481 e. The molecule has 0 aliphatic rings. The zero-order valence-electron chi connectivity index (χ0n) is 22.4. The molecular formula is C18H60N8O2. The van der Waals surface area contributed by atoms with E-state index in [1.807, 2.05) is 113 Å². The van der Waals surface area contributed by atoms with Crippen LogP contribution in [0.25, 0.3) is 0 Å². The van der Waals surface area contributed by atoms with Gasteiger partial charge in [-0.15, -0.1) is 0 Å². The highest BCUT2D eigenvalue weighted by molar-refractivity contribution is 5.62. The fourth-order valence-electron chi connectivity index (χ4n) is 0. The van der Waals surface area contributed by atoms with Crippen LogP contribution in [0, 0.1) is 0 Å². The summed E-state index contributed by atoms with van der Waals surface area (Å²) in [6.07, 6.45) is 0. The third-order valence-electron chi connectivity index (χ3n) is 0. The van der Waals surface area contributed by atoms with Gasteiger partial charge in [0.1, 0.15) is 0 Å². The number of carboxylic acids is 1. The second kappa shape index (κ2) is 161. The van der Waals surface area contributed by atoms with Crippen LogP contribution in [0.4, 0.5) is 0 Å². The summed E-state index contributed by atoms with van der Waals surface area (Å²) in [6.45, 7) is 1.08. The fraction of sp³-hybridized carbons (Fsp3) is 0.944. The molecule has 0 saturated heterocycles. The standard InChI is InChI=1S/8C2H7N.C2H4O2/c8*1-3-2;1-2(3)4/h8*3H,1-2H3;1H3,(H,3,4). The Morgan fingerprint density at radius 2 is 0.393 bits per heavy atom. The molecule has 0 aromatic heterocycles. The minimum atomic E-state index is -0.833. The zero-order chi connectivity index (χ0) is 25.2. The fourth-order valence-corrected chi connectivity index (χ4v) is 0. The number of carbonyl (C=O) groups is 1. The van der Waals surface area contributed by atoms with E-state index in [9.17, 15) is 0 Å². The topological polar surface area (TPSA) is 134 Å². The van der Waals surface area contributed by atoms with Crippen LogP contribution < -0.4 is 42.5 Å². The second-order valence-electron chi connectivity index (χ2n) is 4.52. The maximum atomic E-state index is 9.00. The molecule has 9 N–H and O–H groups in total. The molecule has 0 spiro atoms. The first-order chi connectivity index (χ1) is 13.0. The molecule has 0 saturated carbocycles. The van der Waals surface area contributed by atoms with Gasteiger partial charge < -0.3 is 47.6 Å². The third-order valence-corrected chi connectivity index (χ3v) is 0. The highest BCUT2D eigenvalue weighted by atomic mass is 16.4. The molecule has 0 radical (unpaired) electrons. The van der Waals surface area contributed by atoms with Crippen LogP contribution in [-0.2, 0) is 4.79 Å². The van der Waals surface area contributed by atoms with Gasteiger partial charge in [-0.25, -0.2) is 0 Å². The van der Waals surface area contributed by atoms with Crippen molar-refractivity contribution in [1.29, 1.82) is 0 Å². The smallest absolute Gasteiger partial charge is 0.300 e. The minimum absolute atomic E-state index is 0.833. The molecule has 10 heteroatoms. The summed E-state index contributed by atoms with van der Waals surface area (Å²) >= 11 is 0. The van der Waals surface area contributed by atoms with Crippen molar-refractivity contribution in [2.75, 3.05) is 113 Å². The number of carboxylic acid groups (broad SMARTS) is 1. The van der Waals surface area contributed by atoms with Crippen LogP contribution in [-0.4, -0.2) is 124 Å². The lowest BCUT2D eigenvalue weighted by atomic mass is 10.9. The highest BCUT2D eigenvalue weighted by Crippen LogP contribution is 1.42. The quantitative estimate of drug-likeness (QED) is 0.235. The van der Waals surface area contributed by atoms with E-state index in [4.69, 9.17) is 9.90 Å². The van der Waals surface area contributed by atoms with Gasteiger partial charge >= 0.3 is 0 Å². The van der Waals surface area contributed by atoms with Crippen molar-refractivity contribution in [3.05, 3.63) is 0 Å². The van der Waals surface area contributed by atoms with Crippen LogP contribution in [0.2, 0.25) is 0 Å². The first kappa shape index (κ1) is 56.4. The molecule has 0 aliphatic heterocycles. The Bertz CT molecular complexity index is 108. The number of aliphatic carboxylic acids is 1. The van der Waals surface area contributed by atoms with Crippen molar-refractivity contribution >= 4 is 5.97 Å². The Balaban J connectivity index is -0.0000000208. The lowest BCUT2D eigenvalue weighted by molar-refractivity contribution is -0.134. The molecule has 184 valence electrons. The molecule has 0 atom stereocenters. The van der Waals surface area contributed by atoms with Gasteiger partial charge in [0.2, 0.25) is 0 Å². The molecule has 0 aliphatic carbocycles. The van der Waals surface area contributed by atoms with Crippen molar-refractivity contribution in [1.82, 2.24) is 42.5 Å². The number of nitrogens with one attached hydrogen (secondary N) is 8. The van der Waals surface area contributed by atoms with Crippen LogP contribution in [0.3, 0.4) is 0 Å². The Labute approximate surface area is 178 Å². The van der Waals surface area contributed by atoms with E-state index in [0.29, 0.717) is 0 Å². The molecule has 0 rings (SSSR count). The van der Waals surface area contributed by atoms with Gasteiger partial charge in [-0.2, -0.15) is 0 Å². The van der Waals surface area contributed by atoms with E-state index < -0.39 is 5.97 Å². The first-order valence-corrected chi connectivity index (χ1v) is 8.93. The van der Waals surface area contributed by atoms with Gasteiger partial charge in [0.05, 0.1) is 0 Å². The molecule has 28 heavy (non-hydrogen) atoms. The first-order valence-electron chi connectivity index (χ1n) is 8.93. The monoisotopic (exact) mass is 420 g/mol. The molecule has 0 fully saturated rings. The third kappa shape index (κ3) is 20300. The maximum Gasteiger partial charge on any atom is 0.300 e. The van der Waals surface area contributed by atoms with Crippen LogP contribution >= 0.6 is 0 Å². The lowest BCUT2D eigenvalue weighted by Gasteiger charge is -1.59. The highest BCUT2D eigenvalue weighted by Gasteiger charge is 1.65. The summed E-state index contributed by atoms with van der Waals surface area (Å²) in [5.41, 5.74) is 0. The molecule has 0 amide bonds. The Kier molecular flexibility index (Phi) is 323. The van der Waals surface area contributed by atoms with Crippen LogP contribution in [0.5, 0.6) is 0 Å². The Morgan fingerprint density at radius 3 is 0.393 bits per heavy atom. The number of hydrogen-bond donors (Lipinski definition) is 9. The van der Waals surface area contributed by atoms with Crippen molar-refractivity contribution in [2.24, 2.45) is 0 Å². The predicted octanol–water partition coefficient (Wildman–Crippen LogP) is -1.22. The van der Waals surface area contributed by atoms with E-state index in [-0.39, 0.29) is 0 Å². The summed E-state index contributed by atoms with van der Waals surface area (Å²) in [5, 5.41) is 29.4. The summed E-state index contributed by atoms with van der Waals surface area (Å²) < 4.78 is 0. The van der Waals surface area contributed by atoms with Gasteiger partial charge in [0.25, 0.3) is 5.97 Å². The van der Waals surface area contributed by atoms with E-state index in [1.165, 1.54) is 0 Å². The van der Waals surface area contributed by atoms with E-state index >= 15 is 0 Å². The maximum absolute atomic E-state index is 9.00. The molecular weight excluding hydrogens is 360 g/mol. The van der Waals surface area contributed by atoms with Crippen molar-refractivity contribution in [2.45, 2.75) is 6.92 Å². The lowest BCUT2D eigenvalue weighted by Crippen LogP contribution is -1.89.